The minimum atomic E-state index is 0.103. The highest BCUT2D eigenvalue weighted by Gasteiger charge is 2.20. The third-order valence-electron chi connectivity index (χ3n) is 5.00. The predicted octanol–water partition coefficient (Wildman–Crippen LogP) is 6.08. The van der Waals surface area contributed by atoms with E-state index in [2.05, 4.69) is 50.2 Å². The number of aryl methyl sites for hydroxylation is 3. The highest BCUT2D eigenvalue weighted by atomic mass is 32.1. The molecule has 3 nitrogen and oxygen atoms in total. The van der Waals surface area contributed by atoms with Crippen LogP contribution < -0.4 is 4.90 Å². The number of hydrogen-bond acceptors (Lipinski definition) is 3. The van der Waals surface area contributed by atoms with Crippen LogP contribution >= 0.6 is 11.3 Å². The van der Waals surface area contributed by atoms with Crippen molar-refractivity contribution in [2.24, 2.45) is 0 Å². The van der Waals surface area contributed by atoms with Gasteiger partial charge in [0.25, 0.3) is 0 Å². The summed E-state index contributed by atoms with van der Waals surface area (Å²) in [5.41, 5.74) is 5.64. The Morgan fingerprint density at radius 2 is 1.59 bits per heavy atom. The van der Waals surface area contributed by atoms with Crippen molar-refractivity contribution in [2.75, 3.05) is 4.90 Å². The summed E-state index contributed by atoms with van der Waals surface area (Å²) >= 11 is 1.60. The van der Waals surface area contributed by atoms with Crippen molar-refractivity contribution in [1.29, 1.82) is 0 Å². The van der Waals surface area contributed by atoms with Crippen molar-refractivity contribution in [3.63, 3.8) is 0 Å². The zero-order chi connectivity index (χ0) is 20.2. The molecule has 4 heteroatoms. The van der Waals surface area contributed by atoms with E-state index in [9.17, 15) is 4.79 Å². The predicted molar refractivity (Wildman–Crippen MR) is 121 cm³/mol. The minimum Gasteiger partial charge on any atom is -0.284 e. The molecule has 0 fully saturated rings. The number of benzene rings is 3. The number of aromatic nitrogens is 1. The zero-order valence-electron chi connectivity index (χ0n) is 16.8. The van der Waals surface area contributed by atoms with Crippen LogP contribution in [0.2, 0.25) is 0 Å². The van der Waals surface area contributed by atoms with Crippen molar-refractivity contribution in [3.05, 3.63) is 95.1 Å². The lowest BCUT2D eigenvalue weighted by Gasteiger charge is -2.20. The maximum Gasteiger partial charge on any atom is 0.229 e. The molecule has 146 valence electrons. The lowest BCUT2D eigenvalue weighted by Crippen LogP contribution is -2.30. The van der Waals surface area contributed by atoms with Gasteiger partial charge in [-0.25, -0.2) is 4.98 Å². The molecule has 0 atom stereocenters. The number of carbonyl (C=O) groups excluding carboxylic acids is 1. The van der Waals surface area contributed by atoms with Crippen LogP contribution in [-0.2, 0) is 17.8 Å². The Morgan fingerprint density at radius 1 is 0.931 bits per heavy atom. The van der Waals surface area contributed by atoms with E-state index >= 15 is 0 Å². The highest BCUT2D eigenvalue weighted by Crippen LogP contribution is 2.33. The van der Waals surface area contributed by atoms with Crippen LogP contribution in [0.1, 0.15) is 28.7 Å². The van der Waals surface area contributed by atoms with Crippen LogP contribution in [0.25, 0.3) is 10.2 Å². The van der Waals surface area contributed by atoms with Crippen LogP contribution in [0.3, 0.4) is 0 Å². The van der Waals surface area contributed by atoms with E-state index < -0.39 is 0 Å². The number of fused-ring (bicyclic) bond motifs is 1. The molecule has 4 aromatic rings. The third-order valence-corrected chi connectivity index (χ3v) is 6.03. The quantitative estimate of drug-likeness (QED) is 0.393. The summed E-state index contributed by atoms with van der Waals surface area (Å²) in [6.07, 6.45) is 1.19. The summed E-state index contributed by atoms with van der Waals surface area (Å²) in [6, 6.07) is 24.6. The van der Waals surface area contributed by atoms with Crippen LogP contribution in [0.4, 0.5) is 5.13 Å². The molecule has 0 aliphatic carbocycles. The monoisotopic (exact) mass is 400 g/mol. The number of carbonyl (C=O) groups is 1. The normalized spacial score (nSPS) is 11.0. The summed E-state index contributed by atoms with van der Waals surface area (Å²) < 4.78 is 1.13. The van der Waals surface area contributed by atoms with Gasteiger partial charge in [-0.05, 0) is 48.6 Å². The van der Waals surface area contributed by atoms with Gasteiger partial charge in [0.1, 0.15) is 0 Å². The van der Waals surface area contributed by atoms with E-state index in [0.717, 1.165) is 32.9 Å². The smallest absolute Gasteiger partial charge is 0.229 e. The SMILES string of the molecule is Cc1cc(C)c2nc(N(Cc3ccccc3)C(=O)CCc3ccccc3)sc2c1. The average Bonchev–Trinajstić information content (AvgIpc) is 3.16. The molecule has 0 N–H and O–H groups in total. The third kappa shape index (κ3) is 4.54. The Kier molecular flexibility index (Phi) is 5.72. The van der Waals surface area contributed by atoms with E-state index in [1.807, 2.05) is 41.3 Å². The van der Waals surface area contributed by atoms with Gasteiger partial charge in [-0.3, -0.25) is 9.69 Å². The van der Waals surface area contributed by atoms with E-state index in [-0.39, 0.29) is 5.91 Å². The maximum atomic E-state index is 13.2. The zero-order valence-corrected chi connectivity index (χ0v) is 17.6. The topological polar surface area (TPSA) is 33.2 Å². The molecule has 0 spiro atoms. The van der Waals surface area contributed by atoms with Gasteiger partial charge in [-0.1, -0.05) is 78.1 Å². The van der Waals surface area contributed by atoms with E-state index in [1.54, 1.807) is 11.3 Å². The first-order valence-corrected chi connectivity index (χ1v) is 10.7. The van der Waals surface area contributed by atoms with Crippen molar-refractivity contribution in [1.82, 2.24) is 4.98 Å². The Labute approximate surface area is 175 Å². The first-order valence-electron chi connectivity index (χ1n) is 9.86. The largest absolute Gasteiger partial charge is 0.284 e. The first kappa shape index (κ1) is 19.3. The molecule has 0 aliphatic heterocycles. The fourth-order valence-electron chi connectivity index (χ4n) is 3.53. The molecular weight excluding hydrogens is 376 g/mol. The summed E-state index contributed by atoms with van der Waals surface area (Å²) in [5, 5.41) is 0.774. The van der Waals surface area contributed by atoms with Gasteiger partial charge in [0.2, 0.25) is 5.91 Å². The van der Waals surface area contributed by atoms with Crippen molar-refractivity contribution in [2.45, 2.75) is 33.2 Å². The van der Waals surface area contributed by atoms with E-state index in [0.29, 0.717) is 13.0 Å². The Morgan fingerprint density at radius 3 is 2.28 bits per heavy atom. The molecule has 1 heterocycles. The Bertz CT molecular complexity index is 1120. The second-order valence-corrected chi connectivity index (χ2v) is 8.39. The molecule has 3 aromatic carbocycles. The molecule has 0 saturated carbocycles. The average molecular weight is 401 g/mol. The van der Waals surface area contributed by atoms with E-state index in [1.165, 1.54) is 11.1 Å². The lowest BCUT2D eigenvalue weighted by molar-refractivity contribution is -0.118. The molecule has 0 radical (unpaired) electrons. The summed E-state index contributed by atoms with van der Waals surface area (Å²) in [5.74, 6) is 0.103. The first-order chi connectivity index (χ1) is 14.1. The Hall–Kier alpha value is -2.98. The van der Waals surface area contributed by atoms with Gasteiger partial charge in [0.05, 0.1) is 16.8 Å². The molecule has 0 saturated heterocycles. The van der Waals surface area contributed by atoms with Crippen LogP contribution in [0, 0.1) is 13.8 Å². The summed E-state index contributed by atoms with van der Waals surface area (Å²) in [7, 11) is 0. The lowest BCUT2D eigenvalue weighted by atomic mass is 10.1. The molecule has 0 bridgehead atoms. The van der Waals surface area contributed by atoms with Gasteiger partial charge in [0, 0.05) is 6.42 Å². The van der Waals surface area contributed by atoms with Crippen LogP contribution in [0.15, 0.2) is 72.8 Å². The fourth-order valence-corrected chi connectivity index (χ4v) is 4.69. The molecule has 1 amide bonds. The molecule has 1 aromatic heterocycles. The number of nitrogens with zero attached hydrogens (tertiary/aromatic N) is 2. The second kappa shape index (κ2) is 8.58. The number of hydrogen-bond donors (Lipinski definition) is 0. The van der Waals surface area contributed by atoms with Gasteiger partial charge in [-0.15, -0.1) is 0 Å². The van der Waals surface area contributed by atoms with Gasteiger partial charge in [0.15, 0.2) is 5.13 Å². The minimum absolute atomic E-state index is 0.103. The number of rotatable bonds is 6. The molecule has 29 heavy (non-hydrogen) atoms. The molecule has 0 aliphatic rings. The molecular formula is C25H24N2OS. The number of anilines is 1. The maximum absolute atomic E-state index is 13.2. The van der Waals surface area contributed by atoms with E-state index in [4.69, 9.17) is 4.98 Å². The number of amides is 1. The number of thiazole rings is 1. The van der Waals surface area contributed by atoms with Gasteiger partial charge < -0.3 is 0 Å². The van der Waals surface area contributed by atoms with Crippen LogP contribution in [-0.4, -0.2) is 10.9 Å². The summed E-state index contributed by atoms with van der Waals surface area (Å²) in [4.78, 5) is 19.9. The standard InChI is InChI=1S/C25H24N2OS/c1-18-15-19(2)24-22(16-18)29-25(26-24)27(17-21-11-7-4-8-12-21)23(28)14-13-20-9-5-3-6-10-20/h3-12,15-16H,13-14,17H2,1-2H3. The van der Waals surface area contributed by atoms with Crippen LogP contribution in [0.5, 0.6) is 0 Å². The van der Waals surface area contributed by atoms with Crippen molar-refractivity contribution < 1.29 is 4.79 Å². The second-order valence-electron chi connectivity index (χ2n) is 7.38. The summed E-state index contributed by atoms with van der Waals surface area (Å²) in [6.45, 7) is 4.71. The molecule has 4 rings (SSSR count). The fraction of sp³-hybridized carbons (Fsp3) is 0.200. The Balaban J connectivity index is 1.64. The van der Waals surface area contributed by atoms with Gasteiger partial charge in [-0.2, -0.15) is 0 Å². The van der Waals surface area contributed by atoms with Crippen molar-refractivity contribution in [3.8, 4) is 0 Å². The highest BCUT2D eigenvalue weighted by molar-refractivity contribution is 7.22. The van der Waals surface area contributed by atoms with Gasteiger partial charge >= 0.3 is 0 Å². The van der Waals surface area contributed by atoms with Crippen molar-refractivity contribution >= 4 is 32.6 Å². The molecule has 0 unspecified atom stereocenters.